The van der Waals surface area contributed by atoms with Crippen LogP contribution in [0.15, 0.2) is 42.0 Å². The zero-order chi connectivity index (χ0) is 16.7. The van der Waals surface area contributed by atoms with Gasteiger partial charge in [0.2, 0.25) is 0 Å². The quantitative estimate of drug-likeness (QED) is 0.350. The Hall–Kier alpha value is -1.94. The van der Waals surface area contributed by atoms with Gasteiger partial charge in [0.15, 0.2) is 5.96 Å². The van der Waals surface area contributed by atoms with Crippen LogP contribution in [0.25, 0.3) is 10.9 Å². The number of aliphatic imine (C=N–C) groups is 1. The van der Waals surface area contributed by atoms with Crippen molar-refractivity contribution in [2.45, 2.75) is 19.3 Å². The highest BCUT2D eigenvalue weighted by Crippen LogP contribution is 2.22. The molecule has 23 heavy (non-hydrogen) atoms. The molecule has 5 heteroatoms. The summed E-state index contributed by atoms with van der Waals surface area (Å²) in [7, 11) is 3.88. The summed E-state index contributed by atoms with van der Waals surface area (Å²) < 4.78 is 0. The summed E-state index contributed by atoms with van der Waals surface area (Å²) in [6.45, 7) is 5.55. The van der Waals surface area contributed by atoms with Crippen molar-refractivity contribution in [2.75, 3.05) is 27.2 Å². The second kappa shape index (κ2) is 8.63. The average Bonchev–Trinajstić information content (AvgIpc) is 2.94. The zero-order valence-corrected chi connectivity index (χ0v) is 14.7. The molecule has 0 radical (unpaired) electrons. The van der Waals surface area contributed by atoms with E-state index in [1.165, 1.54) is 10.9 Å². The van der Waals surface area contributed by atoms with Crippen LogP contribution in [-0.2, 0) is 6.42 Å². The molecule has 0 amide bonds. The predicted molar refractivity (Wildman–Crippen MR) is 100 cm³/mol. The Morgan fingerprint density at radius 3 is 3.04 bits per heavy atom. The van der Waals surface area contributed by atoms with Gasteiger partial charge in [0, 0.05) is 49.3 Å². The van der Waals surface area contributed by atoms with Crippen LogP contribution in [0, 0.1) is 0 Å². The molecule has 0 saturated heterocycles. The minimum Gasteiger partial charge on any atom is -0.361 e. The van der Waals surface area contributed by atoms with Gasteiger partial charge in [0.25, 0.3) is 0 Å². The van der Waals surface area contributed by atoms with Gasteiger partial charge < -0.3 is 15.2 Å². The fourth-order valence-electron chi connectivity index (χ4n) is 2.63. The number of aromatic nitrogens is 1. The lowest BCUT2D eigenvalue weighted by Gasteiger charge is -2.21. The normalized spacial score (nSPS) is 11.7. The minimum absolute atomic E-state index is 0.768. The smallest absolute Gasteiger partial charge is 0.193 e. The Morgan fingerprint density at radius 1 is 1.48 bits per heavy atom. The Bertz CT molecular complexity index is 675. The highest BCUT2D eigenvalue weighted by Gasteiger charge is 2.07. The van der Waals surface area contributed by atoms with E-state index in [9.17, 15) is 0 Å². The molecule has 2 N–H and O–H groups in total. The van der Waals surface area contributed by atoms with Crippen LogP contribution in [0.1, 0.15) is 18.4 Å². The molecule has 2 aromatic rings. The molecule has 0 aliphatic carbocycles. The first-order valence-electron chi connectivity index (χ1n) is 7.94. The van der Waals surface area contributed by atoms with E-state index in [2.05, 4.69) is 40.0 Å². The number of rotatable bonds is 7. The number of hydrogen-bond donors (Lipinski definition) is 2. The number of aromatic amines is 1. The summed E-state index contributed by atoms with van der Waals surface area (Å²) in [4.78, 5) is 9.78. The first-order chi connectivity index (χ1) is 11.2. The van der Waals surface area contributed by atoms with Crippen molar-refractivity contribution in [3.63, 3.8) is 0 Å². The van der Waals surface area contributed by atoms with Gasteiger partial charge in [-0.2, -0.15) is 0 Å². The fraction of sp³-hybridized carbons (Fsp3) is 0.389. The number of unbranched alkanes of at least 4 members (excludes halogenated alkanes) is 1. The number of nitrogens with zero attached hydrogens (tertiary/aromatic N) is 2. The highest BCUT2D eigenvalue weighted by atomic mass is 35.5. The Balaban J connectivity index is 1.89. The third kappa shape index (κ3) is 4.76. The van der Waals surface area contributed by atoms with Gasteiger partial charge in [-0.3, -0.25) is 4.99 Å². The number of nitrogens with one attached hydrogen (secondary N) is 2. The number of halogens is 1. The van der Waals surface area contributed by atoms with E-state index in [0.29, 0.717) is 0 Å². The van der Waals surface area contributed by atoms with Gasteiger partial charge in [-0.1, -0.05) is 17.7 Å². The lowest BCUT2D eigenvalue weighted by atomic mass is 10.1. The van der Waals surface area contributed by atoms with E-state index in [1.807, 2.05) is 31.3 Å². The van der Waals surface area contributed by atoms with E-state index in [-0.39, 0.29) is 0 Å². The number of H-pyrrole nitrogens is 1. The van der Waals surface area contributed by atoms with Gasteiger partial charge >= 0.3 is 0 Å². The van der Waals surface area contributed by atoms with Gasteiger partial charge in [-0.05, 0) is 43.0 Å². The maximum Gasteiger partial charge on any atom is 0.193 e. The monoisotopic (exact) mass is 332 g/mol. The lowest BCUT2D eigenvalue weighted by Crippen LogP contribution is -2.40. The molecule has 0 aliphatic heterocycles. The second-order valence-electron chi connectivity index (χ2n) is 5.58. The SMILES string of the molecule is C=CCCCN(C)C(=NC)NCCc1c[nH]c2ccc(Cl)cc12. The molecule has 1 aromatic heterocycles. The highest BCUT2D eigenvalue weighted by molar-refractivity contribution is 6.31. The van der Waals surface area contributed by atoms with Gasteiger partial charge in [-0.25, -0.2) is 0 Å². The van der Waals surface area contributed by atoms with Gasteiger partial charge in [0.05, 0.1) is 0 Å². The van der Waals surface area contributed by atoms with Crippen LogP contribution in [0.4, 0.5) is 0 Å². The molecule has 0 atom stereocenters. The molecule has 4 nitrogen and oxygen atoms in total. The molecule has 0 bridgehead atoms. The second-order valence-corrected chi connectivity index (χ2v) is 6.02. The van der Waals surface area contributed by atoms with Crippen molar-refractivity contribution in [2.24, 2.45) is 4.99 Å². The average molecular weight is 333 g/mol. The van der Waals surface area contributed by atoms with Crippen molar-refractivity contribution in [3.8, 4) is 0 Å². The third-order valence-corrected chi connectivity index (χ3v) is 4.12. The molecule has 0 aliphatic rings. The largest absolute Gasteiger partial charge is 0.361 e. The summed E-state index contributed by atoms with van der Waals surface area (Å²) >= 11 is 6.09. The minimum atomic E-state index is 0.768. The van der Waals surface area contributed by atoms with E-state index in [1.54, 1.807) is 0 Å². The maximum atomic E-state index is 6.09. The molecule has 0 unspecified atom stereocenters. The Labute approximate surface area is 143 Å². The fourth-order valence-corrected chi connectivity index (χ4v) is 2.80. The van der Waals surface area contributed by atoms with Crippen LogP contribution in [-0.4, -0.2) is 43.0 Å². The Kier molecular flexibility index (Phi) is 6.53. The summed E-state index contributed by atoms with van der Waals surface area (Å²) in [6, 6.07) is 5.93. The van der Waals surface area contributed by atoms with Crippen molar-refractivity contribution in [1.82, 2.24) is 15.2 Å². The summed E-state index contributed by atoms with van der Waals surface area (Å²) in [5.74, 6) is 0.923. The van der Waals surface area contributed by atoms with Crippen LogP contribution in [0.2, 0.25) is 5.02 Å². The van der Waals surface area contributed by atoms with E-state index in [4.69, 9.17) is 11.6 Å². The number of fused-ring (bicyclic) bond motifs is 1. The van der Waals surface area contributed by atoms with Crippen LogP contribution >= 0.6 is 11.6 Å². The van der Waals surface area contributed by atoms with Gasteiger partial charge in [-0.15, -0.1) is 6.58 Å². The Morgan fingerprint density at radius 2 is 2.30 bits per heavy atom. The molecule has 0 fully saturated rings. The zero-order valence-electron chi connectivity index (χ0n) is 13.9. The number of allylic oxidation sites excluding steroid dienone is 1. The molecule has 2 rings (SSSR count). The first-order valence-corrected chi connectivity index (χ1v) is 8.31. The standard InChI is InChI=1S/C18H25ClN4/c1-4-5-6-11-23(3)18(20-2)21-10-9-14-13-22-17-8-7-15(19)12-16(14)17/h4,7-8,12-13,22H,1,5-6,9-11H2,2-3H3,(H,20,21). The molecule has 0 saturated carbocycles. The molecule has 124 valence electrons. The van der Waals surface area contributed by atoms with E-state index in [0.717, 1.165) is 48.9 Å². The van der Waals surface area contributed by atoms with Crippen molar-refractivity contribution in [3.05, 3.63) is 47.6 Å². The van der Waals surface area contributed by atoms with Crippen molar-refractivity contribution >= 4 is 28.5 Å². The van der Waals surface area contributed by atoms with E-state index >= 15 is 0 Å². The van der Waals surface area contributed by atoms with Crippen LogP contribution in [0.5, 0.6) is 0 Å². The predicted octanol–water partition coefficient (Wildman–Crippen LogP) is 3.84. The van der Waals surface area contributed by atoms with E-state index < -0.39 is 0 Å². The maximum absolute atomic E-state index is 6.09. The summed E-state index contributed by atoms with van der Waals surface area (Å²) in [5, 5.41) is 5.37. The van der Waals surface area contributed by atoms with Crippen LogP contribution < -0.4 is 5.32 Å². The molecular formula is C18H25ClN4. The lowest BCUT2D eigenvalue weighted by molar-refractivity contribution is 0.470. The van der Waals surface area contributed by atoms with Crippen molar-refractivity contribution < 1.29 is 0 Å². The third-order valence-electron chi connectivity index (χ3n) is 3.88. The summed E-state index contributed by atoms with van der Waals surface area (Å²) in [5.41, 5.74) is 2.38. The molecule has 0 spiro atoms. The number of guanidine groups is 1. The topological polar surface area (TPSA) is 43.4 Å². The van der Waals surface area contributed by atoms with Crippen molar-refractivity contribution in [1.29, 1.82) is 0 Å². The molecule has 1 aromatic carbocycles. The van der Waals surface area contributed by atoms with Gasteiger partial charge in [0.1, 0.15) is 0 Å². The molecule has 1 heterocycles. The van der Waals surface area contributed by atoms with Crippen LogP contribution in [0.3, 0.4) is 0 Å². The number of benzene rings is 1. The molecular weight excluding hydrogens is 308 g/mol. The summed E-state index contributed by atoms with van der Waals surface area (Å²) in [6.07, 6.45) is 7.03. The number of hydrogen-bond acceptors (Lipinski definition) is 1. The first kappa shape index (κ1) is 17.4.